The Morgan fingerprint density at radius 3 is 2.43 bits per heavy atom. The van der Waals surface area contributed by atoms with Gasteiger partial charge in [-0.2, -0.15) is 0 Å². The second-order valence-corrected chi connectivity index (χ2v) is 8.55. The van der Waals surface area contributed by atoms with E-state index in [4.69, 9.17) is 5.73 Å². The summed E-state index contributed by atoms with van der Waals surface area (Å²) in [6.07, 6.45) is 4.46. The van der Waals surface area contributed by atoms with E-state index in [0.717, 1.165) is 31.1 Å². The molecule has 4 atom stereocenters. The van der Waals surface area contributed by atoms with Crippen molar-refractivity contribution in [2.24, 2.45) is 23.5 Å². The van der Waals surface area contributed by atoms with Crippen LogP contribution < -0.4 is 15.8 Å². The summed E-state index contributed by atoms with van der Waals surface area (Å²) < 4.78 is 24.6. The average Bonchev–Trinajstić information content (AvgIpc) is 3.06. The molecule has 4 unspecified atom stereocenters. The Morgan fingerprint density at radius 1 is 1.22 bits per heavy atom. The minimum Gasteiger partial charge on any atom is -0.327 e. The molecular weight excluding hydrogens is 314 g/mol. The number of hydrogen-bond donors (Lipinski definition) is 3. The second kappa shape index (κ2) is 6.22. The van der Waals surface area contributed by atoms with Crippen LogP contribution in [0, 0.1) is 17.8 Å². The summed E-state index contributed by atoms with van der Waals surface area (Å²) in [5.41, 5.74) is 7.75. The molecule has 1 aromatic carbocycles. The van der Waals surface area contributed by atoms with E-state index in [1.54, 1.807) is 24.3 Å². The third kappa shape index (κ3) is 3.73. The Hall–Kier alpha value is -1.44. The molecule has 0 aromatic heterocycles. The van der Waals surface area contributed by atoms with Gasteiger partial charge in [0.25, 0.3) is 0 Å². The van der Waals surface area contributed by atoms with Gasteiger partial charge in [0, 0.05) is 18.3 Å². The molecule has 0 saturated heterocycles. The Balaban J connectivity index is 1.59. The molecular formula is C16H23N3O3S. The Bertz CT molecular complexity index is 685. The van der Waals surface area contributed by atoms with Crippen LogP contribution in [0.4, 0.5) is 5.69 Å². The van der Waals surface area contributed by atoms with Crippen LogP contribution in [0.25, 0.3) is 0 Å². The first-order valence-corrected chi connectivity index (χ1v) is 9.82. The lowest BCUT2D eigenvalue weighted by molar-refractivity contribution is -0.121. The maximum Gasteiger partial charge on any atom is 0.229 e. The lowest BCUT2D eigenvalue weighted by atomic mass is 9.84. The van der Waals surface area contributed by atoms with Crippen molar-refractivity contribution in [3.05, 3.63) is 29.8 Å². The van der Waals surface area contributed by atoms with Crippen molar-refractivity contribution in [2.45, 2.75) is 31.8 Å². The first-order chi connectivity index (χ1) is 10.8. The predicted octanol–water partition coefficient (Wildman–Crippen LogP) is 1.05. The molecule has 2 bridgehead atoms. The third-order valence-corrected chi connectivity index (χ3v) is 5.71. The Kier molecular flexibility index (Phi) is 4.44. The van der Waals surface area contributed by atoms with Crippen molar-refractivity contribution in [3.8, 4) is 0 Å². The van der Waals surface area contributed by atoms with Crippen molar-refractivity contribution in [2.75, 3.05) is 11.6 Å². The van der Waals surface area contributed by atoms with Gasteiger partial charge in [-0.05, 0) is 48.8 Å². The average molecular weight is 337 g/mol. The molecule has 2 fully saturated rings. The predicted molar refractivity (Wildman–Crippen MR) is 89.1 cm³/mol. The number of fused-ring (bicyclic) bond motifs is 2. The summed E-state index contributed by atoms with van der Waals surface area (Å²) in [7, 11) is -3.21. The van der Waals surface area contributed by atoms with Gasteiger partial charge in [-0.15, -0.1) is 0 Å². The molecule has 0 heterocycles. The highest BCUT2D eigenvalue weighted by molar-refractivity contribution is 7.88. The molecule has 0 aliphatic heterocycles. The molecule has 1 amide bonds. The molecule has 7 heteroatoms. The van der Waals surface area contributed by atoms with Crippen molar-refractivity contribution >= 4 is 21.6 Å². The number of nitrogens with one attached hydrogen (secondary N) is 2. The lowest BCUT2D eigenvalue weighted by Crippen LogP contribution is -2.42. The molecule has 1 aromatic rings. The van der Waals surface area contributed by atoms with Gasteiger partial charge in [0.15, 0.2) is 0 Å². The number of anilines is 1. The van der Waals surface area contributed by atoms with Crippen LogP contribution in [0.15, 0.2) is 24.3 Å². The largest absolute Gasteiger partial charge is 0.327 e. The van der Waals surface area contributed by atoms with Gasteiger partial charge in [0.05, 0.1) is 12.2 Å². The maximum absolute atomic E-state index is 12.5. The number of carbonyl (C=O) groups is 1. The second-order valence-electron chi connectivity index (χ2n) is 6.72. The number of hydrogen-bond acceptors (Lipinski definition) is 4. The van der Waals surface area contributed by atoms with Gasteiger partial charge >= 0.3 is 0 Å². The van der Waals surface area contributed by atoms with Gasteiger partial charge in [0.2, 0.25) is 15.9 Å². The molecule has 2 aliphatic rings. The summed E-state index contributed by atoms with van der Waals surface area (Å²) in [6.45, 7) is 0.240. The molecule has 0 spiro atoms. The zero-order valence-electron chi connectivity index (χ0n) is 13.2. The van der Waals surface area contributed by atoms with Crippen molar-refractivity contribution < 1.29 is 13.2 Å². The highest BCUT2D eigenvalue weighted by Crippen LogP contribution is 2.47. The van der Waals surface area contributed by atoms with Crippen LogP contribution >= 0.6 is 0 Å². The summed E-state index contributed by atoms with van der Waals surface area (Å²) in [4.78, 5) is 12.5. The van der Waals surface area contributed by atoms with E-state index in [0.29, 0.717) is 17.5 Å². The van der Waals surface area contributed by atoms with E-state index in [2.05, 4.69) is 10.0 Å². The van der Waals surface area contributed by atoms with Crippen LogP contribution in [0.5, 0.6) is 0 Å². The molecule has 126 valence electrons. The monoisotopic (exact) mass is 337 g/mol. The molecule has 0 radical (unpaired) electrons. The van der Waals surface area contributed by atoms with Crippen molar-refractivity contribution in [1.29, 1.82) is 0 Å². The van der Waals surface area contributed by atoms with Gasteiger partial charge in [-0.1, -0.05) is 12.1 Å². The van der Waals surface area contributed by atoms with Crippen LogP contribution in [0.3, 0.4) is 0 Å². The maximum atomic E-state index is 12.5. The minimum atomic E-state index is -3.21. The van der Waals surface area contributed by atoms with Crippen molar-refractivity contribution in [3.63, 3.8) is 0 Å². The van der Waals surface area contributed by atoms with E-state index in [9.17, 15) is 13.2 Å². The number of nitrogens with two attached hydrogens (primary N) is 1. The lowest BCUT2D eigenvalue weighted by Gasteiger charge is -2.27. The zero-order chi connectivity index (χ0) is 16.6. The SMILES string of the molecule is CS(=O)(=O)NCc1ccc(NC(=O)C2C3CCC(C3)C2N)cc1. The summed E-state index contributed by atoms with van der Waals surface area (Å²) in [5, 5.41) is 2.94. The minimum absolute atomic E-state index is 0.00621. The molecule has 4 N–H and O–H groups in total. The fourth-order valence-corrected chi connectivity index (χ4v) is 4.30. The first-order valence-electron chi connectivity index (χ1n) is 7.93. The van der Waals surface area contributed by atoms with E-state index in [1.165, 1.54) is 0 Å². The molecule has 2 saturated carbocycles. The number of carbonyl (C=O) groups excluding carboxylic acids is 1. The molecule has 6 nitrogen and oxygen atoms in total. The topological polar surface area (TPSA) is 101 Å². The highest BCUT2D eigenvalue weighted by atomic mass is 32.2. The van der Waals surface area contributed by atoms with Crippen LogP contribution in [0.2, 0.25) is 0 Å². The fraction of sp³-hybridized carbons (Fsp3) is 0.562. The quantitative estimate of drug-likeness (QED) is 0.747. The van der Waals surface area contributed by atoms with E-state index in [-0.39, 0.29) is 24.4 Å². The molecule has 2 aliphatic carbocycles. The van der Waals surface area contributed by atoms with Gasteiger partial charge in [-0.3, -0.25) is 4.79 Å². The third-order valence-electron chi connectivity index (χ3n) is 5.04. The summed E-state index contributed by atoms with van der Waals surface area (Å²) in [6, 6.07) is 7.15. The van der Waals surface area contributed by atoms with E-state index >= 15 is 0 Å². The number of rotatable bonds is 5. The summed E-state index contributed by atoms with van der Waals surface area (Å²) >= 11 is 0. The fourth-order valence-electron chi connectivity index (χ4n) is 3.87. The normalized spacial score (nSPS) is 29.7. The standard InChI is InChI=1S/C16H23N3O3S/c1-23(21,22)18-9-10-2-6-13(7-3-10)19-16(20)14-11-4-5-12(8-11)15(14)17/h2-3,6-7,11-12,14-15,18H,4-5,8-9,17H2,1H3,(H,19,20). The first kappa shape index (κ1) is 16.4. The van der Waals surface area contributed by atoms with E-state index < -0.39 is 10.0 Å². The molecule has 23 heavy (non-hydrogen) atoms. The molecule has 3 rings (SSSR count). The zero-order valence-corrected chi connectivity index (χ0v) is 14.0. The number of sulfonamides is 1. The van der Waals surface area contributed by atoms with Crippen LogP contribution in [-0.4, -0.2) is 26.6 Å². The van der Waals surface area contributed by atoms with Gasteiger partial charge in [0.1, 0.15) is 0 Å². The van der Waals surface area contributed by atoms with Gasteiger partial charge < -0.3 is 11.1 Å². The Morgan fingerprint density at radius 2 is 1.87 bits per heavy atom. The van der Waals surface area contributed by atoms with Crippen molar-refractivity contribution in [1.82, 2.24) is 4.72 Å². The van der Waals surface area contributed by atoms with Crippen LogP contribution in [0.1, 0.15) is 24.8 Å². The van der Waals surface area contributed by atoms with E-state index in [1.807, 2.05) is 0 Å². The smallest absolute Gasteiger partial charge is 0.229 e. The summed E-state index contributed by atoms with van der Waals surface area (Å²) in [5.74, 6) is 0.848. The Labute approximate surface area is 136 Å². The number of benzene rings is 1. The number of amides is 1. The van der Waals surface area contributed by atoms with Crippen LogP contribution in [-0.2, 0) is 21.4 Å². The highest BCUT2D eigenvalue weighted by Gasteiger charge is 2.49. The van der Waals surface area contributed by atoms with Gasteiger partial charge in [-0.25, -0.2) is 13.1 Å².